The summed E-state index contributed by atoms with van der Waals surface area (Å²) in [6.07, 6.45) is 10.3. The Morgan fingerprint density at radius 2 is 1.66 bits per heavy atom. The summed E-state index contributed by atoms with van der Waals surface area (Å²) in [5.41, 5.74) is 2.25. The van der Waals surface area contributed by atoms with Gasteiger partial charge in [-0.15, -0.1) is 0 Å². The molecule has 35 heavy (non-hydrogen) atoms. The second-order valence-electron chi connectivity index (χ2n) is 11.1. The van der Waals surface area contributed by atoms with Crippen molar-refractivity contribution in [2.75, 3.05) is 63.9 Å². The number of β-amino-alcohol motifs (C(OH)–C–C–N with tert-alkyl or cyclic N) is 1. The zero-order valence-corrected chi connectivity index (χ0v) is 21.3. The molecule has 1 saturated carbocycles. The number of amides is 1. The monoisotopic (exact) mass is 484 g/mol. The van der Waals surface area contributed by atoms with Crippen molar-refractivity contribution >= 4 is 11.6 Å². The molecule has 5 rings (SSSR count). The maximum atomic E-state index is 12.8. The molecule has 1 unspecified atom stereocenters. The number of nitrogens with zero attached hydrogens (tertiary/aromatic N) is 3. The summed E-state index contributed by atoms with van der Waals surface area (Å²) in [5.74, 6) is 0.0371. The van der Waals surface area contributed by atoms with Crippen molar-refractivity contribution in [3.8, 4) is 0 Å². The van der Waals surface area contributed by atoms with Gasteiger partial charge in [0.05, 0.1) is 19.3 Å². The van der Waals surface area contributed by atoms with Crippen molar-refractivity contribution in [2.45, 2.75) is 75.5 Å². The molecular weight excluding hydrogens is 440 g/mol. The van der Waals surface area contributed by atoms with Crippen molar-refractivity contribution in [3.05, 3.63) is 29.8 Å². The van der Waals surface area contributed by atoms with Crippen LogP contribution in [0.2, 0.25) is 0 Å². The van der Waals surface area contributed by atoms with Gasteiger partial charge in [-0.25, -0.2) is 0 Å². The lowest BCUT2D eigenvalue weighted by Crippen LogP contribution is -2.60. The fourth-order valence-electron chi connectivity index (χ4n) is 6.67. The molecule has 1 aromatic carbocycles. The molecule has 0 radical (unpaired) electrons. The van der Waals surface area contributed by atoms with E-state index in [1.807, 2.05) is 12.1 Å². The molecule has 1 atom stereocenters. The molecule has 4 fully saturated rings. The van der Waals surface area contributed by atoms with E-state index < -0.39 is 0 Å². The van der Waals surface area contributed by atoms with Gasteiger partial charge in [0, 0.05) is 68.6 Å². The van der Waals surface area contributed by atoms with Crippen molar-refractivity contribution in [1.82, 2.24) is 15.1 Å². The van der Waals surface area contributed by atoms with E-state index in [4.69, 9.17) is 4.74 Å². The fraction of sp³-hybridized carbons (Fsp3) is 0.750. The number of carbonyl (C=O) groups excluding carboxylic acids is 1. The maximum Gasteiger partial charge on any atom is 0.253 e. The molecule has 7 nitrogen and oxygen atoms in total. The van der Waals surface area contributed by atoms with Gasteiger partial charge >= 0.3 is 0 Å². The normalized spacial score (nSPS) is 26.6. The Bertz CT molecular complexity index is 812. The van der Waals surface area contributed by atoms with Crippen LogP contribution in [0.5, 0.6) is 0 Å². The van der Waals surface area contributed by atoms with Crippen LogP contribution in [0, 0.1) is 0 Å². The average Bonchev–Trinajstić information content (AvgIpc) is 2.93. The first kappa shape index (κ1) is 25.0. The third-order valence-electron chi connectivity index (χ3n) is 8.84. The molecule has 4 aliphatic rings. The molecule has 194 valence electrons. The predicted octanol–water partition coefficient (Wildman–Crippen LogP) is 2.88. The fourth-order valence-corrected chi connectivity index (χ4v) is 6.67. The maximum absolute atomic E-state index is 12.8. The third-order valence-corrected chi connectivity index (χ3v) is 8.84. The number of hydrogen-bond acceptors (Lipinski definition) is 6. The molecule has 1 amide bonds. The Hall–Kier alpha value is -1.67. The average molecular weight is 485 g/mol. The first-order valence-corrected chi connectivity index (χ1v) is 14.0. The smallest absolute Gasteiger partial charge is 0.253 e. The van der Waals surface area contributed by atoms with Crippen LogP contribution in [0.15, 0.2) is 24.3 Å². The minimum atomic E-state index is -0.385. The number of likely N-dealkylation sites (tertiary alicyclic amines) is 1. The SMILES string of the molecule is O=C(c1ccc(N2CCC(NCC3(N4CCOCC4)CCCCC3)CC2)cc1)N1CCCC(O)C1. The number of piperidine rings is 2. The molecule has 3 saturated heterocycles. The Morgan fingerprint density at radius 3 is 2.34 bits per heavy atom. The van der Waals surface area contributed by atoms with Crippen LogP contribution in [-0.4, -0.2) is 97.5 Å². The second-order valence-corrected chi connectivity index (χ2v) is 11.1. The van der Waals surface area contributed by atoms with Crippen molar-refractivity contribution in [2.24, 2.45) is 0 Å². The highest BCUT2D eigenvalue weighted by Gasteiger charge is 2.39. The Balaban J connectivity index is 1.11. The van der Waals surface area contributed by atoms with E-state index in [0.29, 0.717) is 18.1 Å². The van der Waals surface area contributed by atoms with Crippen molar-refractivity contribution < 1.29 is 14.6 Å². The molecule has 7 heteroatoms. The van der Waals surface area contributed by atoms with Gasteiger partial charge in [-0.2, -0.15) is 0 Å². The Morgan fingerprint density at radius 1 is 0.943 bits per heavy atom. The van der Waals surface area contributed by atoms with E-state index in [-0.39, 0.29) is 12.0 Å². The highest BCUT2D eigenvalue weighted by atomic mass is 16.5. The Kier molecular flexibility index (Phi) is 8.28. The lowest BCUT2D eigenvalue weighted by Gasteiger charge is -2.49. The summed E-state index contributed by atoms with van der Waals surface area (Å²) in [6, 6.07) is 8.68. The van der Waals surface area contributed by atoms with E-state index in [0.717, 1.165) is 83.7 Å². The van der Waals surface area contributed by atoms with E-state index in [9.17, 15) is 9.90 Å². The first-order chi connectivity index (χ1) is 17.1. The minimum Gasteiger partial charge on any atom is -0.391 e. The van der Waals surface area contributed by atoms with Gasteiger partial charge in [0.2, 0.25) is 0 Å². The lowest BCUT2D eigenvalue weighted by atomic mass is 9.79. The first-order valence-electron chi connectivity index (χ1n) is 14.0. The number of nitrogens with one attached hydrogen (secondary N) is 1. The van der Waals surface area contributed by atoms with Gasteiger partial charge < -0.3 is 25.0 Å². The van der Waals surface area contributed by atoms with Crippen LogP contribution in [0.1, 0.15) is 68.1 Å². The highest BCUT2D eigenvalue weighted by molar-refractivity contribution is 5.94. The van der Waals surface area contributed by atoms with Crippen LogP contribution in [0.3, 0.4) is 0 Å². The van der Waals surface area contributed by atoms with Gasteiger partial charge in [-0.3, -0.25) is 9.69 Å². The number of carbonyl (C=O) groups is 1. The number of aliphatic hydroxyl groups excluding tert-OH is 1. The number of rotatable bonds is 6. The van der Waals surface area contributed by atoms with Crippen LogP contribution < -0.4 is 10.2 Å². The molecule has 0 aromatic heterocycles. The summed E-state index contributed by atoms with van der Waals surface area (Å²) in [4.78, 5) is 19.8. The van der Waals surface area contributed by atoms with E-state index in [1.54, 1.807) is 4.90 Å². The summed E-state index contributed by atoms with van der Waals surface area (Å²) < 4.78 is 5.64. The largest absolute Gasteiger partial charge is 0.391 e. The van der Waals surface area contributed by atoms with Gasteiger partial charge in [0.15, 0.2) is 0 Å². The molecule has 3 heterocycles. The lowest BCUT2D eigenvalue weighted by molar-refractivity contribution is -0.0379. The van der Waals surface area contributed by atoms with E-state index >= 15 is 0 Å². The van der Waals surface area contributed by atoms with Crippen LogP contribution >= 0.6 is 0 Å². The number of morpholine rings is 1. The van der Waals surface area contributed by atoms with E-state index in [2.05, 4.69) is 27.2 Å². The van der Waals surface area contributed by atoms with Gasteiger partial charge in [0.25, 0.3) is 5.91 Å². The Labute approximate surface area is 210 Å². The number of hydrogen-bond donors (Lipinski definition) is 2. The molecular formula is C28H44N4O3. The van der Waals surface area contributed by atoms with Gasteiger partial charge in [0.1, 0.15) is 0 Å². The van der Waals surface area contributed by atoms with Crippen LogP contribution in [-0.2, 0) is 4.74 Å². The molecule has 1 aliphatic carbocycles. The number of ether oxygens (including phenoxy) is 1. The summed E-state index contributed by atoms with van der Waals surface area (Å²) in [5, 5.41) is 13.9. The van der Waals surface area contributed by atoms with Crippen LogP contribution in [0.25, 0.3) is 0 Å². The van der Waals surface area contributed by atoms with Gasteiger partial charge in [-0.05, 0) is 62.8 Å². The summed E-state index contributed by atoms with van der Waals surface area (Å²) >= 11 is 0. The quantitative estimate of drug-likeness (QED) is 0.647. The standard InChI is InChI=1S/C28H44N4O3/c33-26-5-4-14-31(21-26)27(34)23-6-8-25(9-7-23)30-15-10-24(11-16-30)29-22-28(12-2-1-3-13-28)32-17-19-35-20-18-32/h6-9,24,26,29,33H,1-5,10-22H2. The molecule has 0 bridgehead atoms. The zero-order valence-electron chi connectivity index (χ0n) is 21.3. The summed E-state index contributed by atoms with van der Waals surface area (Å²) in [7, 11) is 0. The molecule has 2 N–H and O–H groups in total. The minimum absolute atomic E-state index is 0.0371. The van der Waals surface area contributed by atoms with Crippen molar-refractivity contribution in [3.63, 3.8) is 0 Å². The highest BCUT2D eigenvalue weighted by Crippen LogP contribution is 2.34. The van der Waals surface area contributed by atoms with Gasteiger partial charge in [-0.1, -0.05) is 19.3 Å². The van der Waals surface area contributed by atoms with Crippen LogP contribution in [0.4, 0.5) is 5.69 Å². The van der Waals surface area contributed by atoms with E-state index in [1.165, 1.54) is 37.8 Å². The molecule has 3 aliphatic heterocycles. The predicted molar refractivity (Wildman–Crippen MR) is 139 cm³/mol. The number of benzene rings is 1. The number of anilines is 1. The van der Waals surface area contributed by atoms with Crippen molar-refractivity contribution in [1.29, 1.82) is 0 Å². The molecule has 1 aromatic rings. The molecule has 0 spiro atoms. The third kappa shape index (κ3) is 6.01. The second kappa shape index (κ2) is 11.6. The summed E-state index contributed by atoms with van der Waals surface area (Å²) in [6.45, 7) is 8.32. The topological polar surface area (TPSA) is 68.3 Å². The number of aliphatic hydroxyl groups is 1. The zero-order chi connectivity index (χ0) is 24.1.